The van der Waals surface area contributed by atoms with Gasteiger partial charge in [-0.2, -0.15) is 0 Å². The van der Waals surface area contributed by atoms with E-state index in [9.17, 15) is 0 Å². The highest BCUT2D eigenvalue weighted by Crippen LogP contribution is 2.20. The Labute approximate surface area is 86.5 Å². The first kappa shape index (κ1) is 11.9. The summed E-state index contributed by atoms with van der Waals surface area (Å²) in [5, 5.41) is 12.2. The lowest BCUT2D eigenvalue weighted by atomic mass is 9.87. The van der Waals surface area contributed by atoms with Crippen molar-refractivity contribution >= 4 is 0 Å². The summed E-state index contributed by atoms with van der Waals surface area (Å²) < 4.78 is 0. The molecule has 1 fully saturated rings. The normalized spacial score (nSPS) is 22.5. The minimum atomic E-state index is 0.0778. The van der Waals surface area contributed by atoms with E-state index in [4.69, 9.17) is 10.8 Å². The maximum absolute atomic E-state index is 8.79. The van der Waals surface area contributed by atoms with Crippen LogP contribution in [0.5, 0.6) is 0 Å². The molecule has 0 aromatic heterocycles. The number of nitrogens with two attached hydrogens (primary N) is 1. The number of nitrogens with zero attached hydrogens (tertiary/aromatic N) is 1. The minimum absolute atomic E-state index is 0.0778. The van der Waals surface area contributed by atoms with Gasteiger partial charge in [-0.15, -0.1) is 0 Å². The Hall–Kier alpha value is -0.160. The number of β-amino-alcohol motifs (C(OH)–C–C–N with tert-alkyl or cyclic N) is 1. The third kappa shape index (κ3) is 2.92. The predicted octanol–water partition coefficient (Wildman–Crippen LogP) is -0.618. The molecule has 1 heterocycles. The average molecular weight is 201 g/mol. The van der Waals surface area contributed by atoms with Crippen molar-refractivity contribution in [1.29, 1.82) is 0 Å². The molecule has 4 nitrogen and oxygen atoms in total. The van der Waals surface area contributed by atoms with Crippen LogP contribution < -0.4 is 11.1 Å². The maximum atomic E-state index is 8.79. The van der Waals surface area contributed by atoms with Crippen LogP contribution in [0.3, 0.4) is 0 Å². The van der Waals surface area contributed by atoms with Gasteiger partial charge in [0.25, 0.3) is 0 Å². The molecule has 0 saturated carbocycles. The van der Waals surface area contributed by atoms with Crippen LogP contribution in [0.15, 0.2) is 0 Å². The molecule has 1 aliphatic heterocycles. The molecule has 0 atom stereocenters. The molecule has 0 bridgehead atoms. The molecule has 84 valence electrons. The molecule has 0 aromatic rings. The standard InChI is InChI=1S/C10H23N3O/c1-2-13-6-3-10(9-11,4-7-13)12-5-8-14/h12,14H,2-9,11H2,1H3. The summed E-state index contributed by atoms with van der Waals surface area (Å²) in [6.07, 6.45) is 2.19. The van der Waals surface area contributed by atoms with Crippen LogP contribution in [-0.2, 0) is 0 Å². The van der Waals surface area contributed by atoms with Crippen molar-refractivity contribution in [3.63, 3.8) is 0 Å². The molecule has 4 N–H and O–H groups in total. The highest BCUT2D eigenvalue weighted by molar-refractivity contribution is 4.93. The van der Waals surface area contributed by atoms with Crippen molar-refractivity contribution in [1.82, 2.24) is 10.2 Å². The molecule has 1 rings (SSSR count). The molecule has 0 radical (unpaired) electrons. The molecule has 0 amide bonds. The van der Waals surface area contributed by atoms with E-state index in [0.29, 0.717) is 13.1 Å². The number of nitrogens with one attached hydrogen (secondary N) is 1. The van der Waals surface area contributed by atoms with Gasteiger partial charge in [0.2, 0.25) is 0 Å². The second-order valence-electron chi connectivity index (χ2n) is 4.07. The number of aliphatic hydroxyl groups is 1. The van der Waals surface area contributed by atoms with Gasteiger partial charge in [-0.3, -0.25) is 0 Å². The van der Waals surface area contributed by atoms with E-state index >= 15 is 0 Å². The van der Waals surface area contributed by atoms with Crippen molar-refractivity contribution in [3.05, 3.63) is 0 Å². The molecule has 1 saturated heterocycles. The van der Waals surface area contributed by atoms with Gasteiger partial charge in [-0.1, -0.05) is 6.92 Å². The van der Waals surface area contributed by atoms with E-state index in [-0.39, 0.29) is 12.1 Å². The molecule has 0 unspecified atom stereocenters. The third-order valence-electron chi connectivity index (χ3n) is 3.26. The first-order valence-electron chi connectivity index (χ1n) is 5.54. The lowest BCUT2D eigenvalue weighted by Crippen LogP contribution is -2.58. The highest BCUT2D eigenvalue weighted by Gasteiger charge is 2.31. The molecule has 0 aromatic carbocycles. The van der Waals surface area contributed by atoms with Gasteiger partial charge < -0.3 is 21.1 Å². The Balaban J connectivity index is 2.39. The maximum Gasteiger partial charge on any atom is 0.0556 e. The Morgan fingerprint density at radius 1 is 1.43 bits per heavy atom. The average Bonchev–Trinajstić information content (AvgIpc) is 2.27. The van der Waals surface area contributed by atoms with E-state index in [1.54, 1.807) is 0 Å². The van der Waals surface area contributed by atoms with Gasteiger partial charge in [-0.25, -0.2) is 0 Å². The van der Waals surface area contributed by atoms with Gasteiger partial charge >= 0.3 is 0 Å². The molecule has 0 spiro atoms. The second-order valence-corrected chi connectivity index (χ2v) is 4.07. The Bertz CT molecular complexity index is 155. The Morgan fingerprint density at radius 2 is 2.07 bits per heavy atom. The van der Waals surface area contributed by atoms with Crippen LogP contribution in [0.1, 0.15) is 19.8 Å². The first-order valence-corrected chi connectivity index (χ1v) is 5.54. The van der Waals surface area contributed by atoms with E-state index in [0.717, 1.165) is 32.5 Å². The van der Waals surface area contributed by atoms with E-state index in [1.807, 2.05) is 0 Å². The molecule has 4 heteroatoms. The fraction of sp³-hybridized carbons (Fsp3) is 1.00. The molecule has 14 heavy (non-hydrogen) atoms. The third-order valence-corrected chi connectivity index (χ3v) is 3.26. The molecule has 0 aliphatic carbocycles. The fourth-order valence-electron chi connectivity index (χ4n) is 2.07. The summed E-state index contributed by atoms with van der Waals surface area (Å²) >= 11 is 0. The van der Waals surface area contributed by atoms with E-state index < -0.39 is 0 Å². The quantitative estimate of drug-likeness (QED) is 0.555. The second kappa shape index (κ2) is 5.66. The van der Waals surface area contributed by atoms with Crippen molar-refractivity contribution in [2.45, 2.75) is 25.3 Å². The highest BCUT2D eigenvalue weighted by atomic mass is 16.3. The summed E-state index contributed by atoms with van der Waals surface area (Å²) in [7, 11) is 0. The van der Waals surface area contributed by atoms with Gasteiger partial charge in [0.05, 0.1) is 6.61 Å². The van der Waals surface area contributed by atoms with Crippen molar-refractivity contribution in [3.8, 4) is 0 Å². The Morgan fingerprint density at radius 3 is 2.50 bits per heavy atom. The van der Waals surface area contributed by atoms with Crippen molar-refractivity contribution in [2.24, 2.45) is 5.73 Å². The summed E-state index contributed by atoms with van der Waals surface area (Å²) in [4.78, 5) is 2.44. The van der Waals surface area contributed by atoms with Crippen LogP contribution in [0, 0.1) is 0 Å². The zero-order valence-corrected chi connectivity index (χ0v) is 9.13. The molecular weight excluding hydrogens is 178 g/mol. The number of aliphatic hydroxyl groups excluding tert-OH is 1. The molecular formula is C10H23N3O. The SMILES string of the molecule is CCN1CCC(CN)(NCCO)CC1. The van der Waals surface area contributed by atoms with E-state index in [2.05, 4.69) is 17.1 Å². The molecule has 1 aliphatic rings. The van der Waals surface area contributed by atoms with Crippen LogP contribution >= 0.6 is 0 Å². The minimum Gasteiger partial charge on any atom is -0.395 e. The summed E-state index contributed by atoms with van der Waals surface area (Å²) in [6.45, 7) is 7.07. The van der Waals surface area contributed by atoms with Crippen LogP contribution in [0.4, 0.5) is 0 Å². The largest absolute Gasteiger partial charge is 0.395 e. The number of likely N-dealkylation sites (tertiary alicyclic amines) is 1. The number of rotatable bonds is 5. The van der Waals surface area contributed by atoms with Crippen molar-refractivity contribution < 1.29 is 5.11 Å². The number of hydrogen-bond acceptors (Lipinski definition) is 4. The number of hydrogen-bond donors (Lipinski definition) is 3. The van der Waals surface area contributed by atoms with Crippen LogP contribution in [0.2, 0.25) is 0 Å². The van der Waals surface area contributed by atoms with Gasteiger partial charge in [-0.05, 0) is 32.5 Å². The number of piperidine rings is 1. The predicted molar refractivity (Wildman–Crippen MR) is 58.2 cm³/mol. The first-order chi connectivity index (χ1) is 6.76. The summed E-state index contributed by atoms with van der Waals surface area (Å²) in [5.41, 5.74) is 5.88. The topological polar surface area (TPSA) is 61.5 Å². The van der Waals surface area contributed by atoms with Gasteiger partial charge in [0, 0.05) is 18.6 Å². The zero-order chi connectivity index (χ0) is 10.4. The Kier molecular flexibility index (Phi) is 4.81. The van der Waals surface area contributed by atoms with Crippen molar-refractivity contribution in [2.75, 3.05) is 39.3 Å². The zero-order valence-electron chi connectivity index (χ0n) is 9.13. The van der Waals surface area contributed by atoms with Gasteiger partial charge in [0.1, 0.15) is 0 Å². The smallest absolute Gasteiger partial charge is 0.0556 e. The lowest BCUT2D eigenvalue weighted by Gasteiger charge is -2.41. The fourth-order valence-corrected chi connectivity index (χ4v) is 2.07. The van der Waals surface area contributed by atoms with Crippen LogP contribution in [0.25, 0.3) is 0 Å². The lowest BCUT2D eigenvalue weighted by molar-refractivity contribution is 0.137. The van der Waals surface area contributed by atoms with Gasteiger partial charge in [0.15, 0.2) is 0 Å². The summed E-state index contributed by atoms with van der Waals surface area (Å²) in [5.74, 6) is 0. The summed E-state index contributed by atoms with van der Waals surface area (Å²) in [6, 6.07) is 0. The van der Waals surface area contributed by atoms with E-state index in [1.165, 1.54) is 0 Å². The monoisotopic (exact) mass is 201 g/mol. The van der Waals surface area contributed by atoms with Crippen LogP contribution in [-0.4, -0.2) is 54.9 Å².